The molecule has 0 aromatic heterocycles. The van der Waals surface area contributed by atoms with Gasteiger partial charge in [0.05, 0.1) is 24.2 Å². The minimum absolute atomic E-state index is 0.135. The summed E-state index contributed by atoms with van der Waals surface area (Å²) in [6.45, 7) is 9.61. The normalized spacial score (nSPS) is 25.2. The van der Waals surface area contributed by atoms with Gasteiger partial charge in [0.2, 0.25) is 11.8 Å². The first kappa shape index (κ1) is 23.5. The van der Waals surface area contributed by atoms with Crippen molar-refractivity contribution in [3.63, 3.8) is 0 Å². The molecule has 2 rings (SSSR count). The highest BCUT2D eigenvalue weighted by Crippen LogP contribution is 2.47. The second-order valence-corrected chi connectivity index (χ2v) is 9.37. The van der Waals surface area contributed by atoms with Crippen LogP contribution in [0.25, 0.3) is 0 Å². The van der Waals surface area contributed by atoms with Crippen molar-refractivity contribution in [2.75, 3.05) is 6.61 Å². The first-order valence-corrected chi connectivity index (χ1v) is 10.7. The van der Waals surface area contributed by atoms with Crippen LogP contribution in [0.1, 0.15) is 72.1 Å². The fraction of sp³-hybridized carbons (Fsp3) is 0.773. The molecule has 29 heavy (non-hydrogen) atoms. The number of carbonyl (C=O) groups is 3. The van der Waals surface area contributed by atoms with Crippen LogP contribution < -0.4 is 10.6 Å². The summed E-state index contributed by atoms with van der Waals surface area (Å²) in [6, 6.07) is -0.817. The Kier molecular flexibility index (Phi) is 7.62. The van der Waals surface area contributed by atoms with Gasteiger partial charge >= 0.3 is 0 Å². The van der Waals surface area contributed by atoms with Gasteiger partial charge in [0.15, 0.2) is 5.78 Å². The quantitative estimate of drug-likeness (QED) is 0.273. The third-order valence-electron chi connectivity index (χ3n) is 5.98. The van der Waals surface area contributed by atoms with Crippen molar-refractivity contribution < 1.29 is 24.6 Å². The lowest BCUT2D eigenvalue weighted by Crippen LogP contribution is -2.56. The molecule has 2 saturated carbocycles. The third-order valence-corrected chi connectivity index (χ3v) is 5.98. The Hall–Kier alpha value is -1.73. The molecular weight excluding hydrogens is 372 g/mol. The zero-order valence-corrected chi connectivity index (χ0v) is 17.9. The van der Waals surface area contributed by atoms with Crippen molar-refractivity contribution in [3.8, 4) is 0 Å². The highest BCUT2D eigenvalue weighted by atomic mass is 16.3. The minimum Gasteiger partial charge on any atom is -0.395 e. The van der Waals surface area contributed by atoms with Gasteiger partial charge in [-0.25, -0.2) is 0 Å². The van der Waals surface area contributed by atoms with Gasteiger partial charge < -0.3 is 20.8 Å². The summed E-state index contributed by atoms with van der Waals surface area (Å²) >= 11 is 0. The molecule has 0 aliphatic heterocycles. The van der Waals surface area contributed by atoms with Crippen molar-refractivity contribution in [1.29, 1.82) is 0 Å². The molecule has 0 aromatic rings. The van der Waals surface area contributed by atoms with Crippen LogP contribution in [-0.4, -0.2) is 52.1 Å². The molecular formula is C22H36N2O5. The molecule has 3 atom stereocenters. The molecule has 0 aromatic carbocycles. The first-order chi connectivity index (χ1) is 13.6. The van der Waals surface area contributed by atoms with E-state index in [2.05, 4.69) is 31.1 Å². The van der Waals surface area contributed by atoms with Crippen molar-refractivity contribution in [1.82, 2.24) is 10.6 Å². The van der Waals surface area contributed by atoms with Gasteiger partial charge in [-0.3, -0.25) is 14.4 Å². The second-order valence-electron chi connectivity index (χ2n) is 9.37. The number of aliphatic hydroxyl groups is 2. The number of nitrogens with one attached hydrogen (secondary N) is 2. The third kappa shape index (κ3) is 5.89. The molecule has 7 heteroatoms. The van der Waals surface area contributed by atoms with E-state index >= 15 is 0 Å². The molecule has 1 unspecified atom stereocenters. The molecule has 2 fully saturated rings. The Bertz CT molecular complexity index is 656. The molecule has 0 spiro atoms. The smallest absolute Gasteiger partial charge is 0.249 e. The SMILES string of the molecule is C=C(C)C[C@H](NC(=O)C1(NC(=O)CCCCC(C)C)C[C@H]1O)C(=O)C1(CO)CC1. The Balaban J connectivity index is 1.96. The monoisotopic (exact) mass is 408 g/mol. The average molecular weight is 409 g/mol. The van der Waals surface area contributed by atoms with Gasteiger partial charge in [-0.2, -0.15) is 0 Å². The highest BCUT2D eigenvalue weighted by Gasteiger charge is 2.62. The van der Waals surface area contributed by atoms with Crippen LogP contribution in [0.3, 0.4) is 0 Å². The molecule has 0 saturated heterocycles. The molecule has 7 nitrogen and oxygen atoms in total. The van der Waals surface area contributed by atoms with Crippen molar-refractivity contribution in [3.05, 3.63) is 12.2 Å². The maximum atomic E-state index is 12.9. The molecule has 2 aliphatic carbocycles. The molecule has 0 bridgehead atoms. The lowest BCUT2D eigenvalue weighted by atomic mass is 9.91. The maximum Gasteiger partial charge on any atom is 0.249 e. The van der Waals surface area contributed by atoms with Crippen LogP contribution >= 0.6 is 0 Å². The summed E-state index contributed by atoms with van der Waals surface area (Å²) in [5.41, 5.74) is -1.40. The summed E-state index contributed by atoms with van der Waals surface area (Å²) in [6.07, 6.45) is 3.65. The van der Waals surface area contributed by atoms with E-state index in [4.69, 9.17) is 0 Å². The van der Waals surface area contributed by atoms with Crippen molar-refractivity contribution in [2.24, 2.45) is 11.3 Å². The van der Waals surface area contributed by atoms with E-state index in [1.165, 1.54) is 0 Å². The summed E-state index contributed by atoms with van der Waals surface area (Å²) < 4.78 is 0. The maximum absolute atomic E-state index is 12.9. The number of hydrogen-bond donors (Lipinski definition) is 4. The van der Waals surface area contributed by atoms with Crippen molar-refractivity contribution >= 4 is 17.6 Å². The van der Waals surface area contributed by atoms with Gasteiger partial charge in [0, 0.05) is 12.8 Å². The lowest BCUT2D eigenvalue weighted by molar-refractivity contribution is -0.135. The number of unbranched alkanes of at least 4 members (excludes halogenated alkanes) is 1. The number of carbonyl (C=O) groups excluding carboxylic acids is 3. The van der Waals surface area contributed by atoms with E-state index in [1.54, 1.807) is 6.92 Å². The minimum atomic E-state index is -1.36. The largest absolute Gasteiger partial charge is 0.395 e. The predicted octanol–water partition coefficient (Wildman–Crippen LogP) is 1.61. The summed E-state index contributed by atoms with van der Waals surface area (Å²) in [7, 11) is 0. The van der Waals surface area contributed by atoms with Crippen molar-refractivity contribution in [2.45, 2.75) is 89.8 Å². The summed E-state index contributed by atoms with van der Waals surface area (Å²) in [5.74, 6) is -0.440. The van der Waals surface area contributed by atoms with E-state index in [0.29, 0.717) is 25.2 Å². The number of amides is 2. The second kappa shape index (κ2) is 9.39. The molecule has 0 heterocycles. The Morgan fingerprint density at radius 2 is 1.83 bits per heavy atom. The van der Waals surface area contributed by atoms with Crippen LogP contribution in [0, 0.1) is 11.3 Å². The average Bonchev–Trinajstić information content (AvgIpc) is 3.54. The molecule has 164 valence electrons. The predicted molar refractivity (Wildman–Crippen MR) is 110 cm³/mol. The topological polar surface area (TPSA) is 116 Å². The highest BCUT2D eigenvalue weighted by molar-refractivity contribution is 6.00. The number of hydrogen-bond acceptors (Lipinski definition) is 5. The number of ketones is 1. The van der Waals surface area contributed by atoms with E-state index < -0.39 is 29.0 Å². The summed E-state index contributed by atoms with van der Waals surface area (Å²) in [5, 5.41) is 25.0. The number of Topliss-reactive ketones (excluding diaryl/α,β-unsaturated/α-hetero) is 1. The molecule has 2 aliphatic rings. The van der Waals surface area contributed by atoms with E-state index in [1.807, 2.05) is 0 Å². The Morgan fingerprint density at radius 1 is 1.21 bits per heavy atom. The van der Waals surface area contributed by atoms with Gasteiger partial charge in [-0.1, -0.05) is 32.3 Å². The van der Waals surface area contributed by atoms with E-state index in [-0.39, 0.29) is 31.1 Å². The molecule has 4 N–H and O–H groups in total. The van der Waals surface area contributed by atoms with Crippen LogP contribution in [0.5, 0.6) is 0 Å². The van der Waals surface area contributed by atoms with Crippen LogP contribution in [-0.2, 0) is 14.4 Å². The van der Waals surface area contributed by atoms with E-state index in [9.17, 15) is 24.6 Å². The fourth-order valence-corrected chi connectivity index (χ4v) is 3.68. The lowest BCUT2D eigenvalue weighted by Gasteiger charge is -2.25. The van der Waals surface area contributed by atoms with Gasteiger partial charge in [-0.05, 0) is 38.5 Å². The Labute approximate surface area is 173 Å². The molecule has 2 amide bonds. The zero-order chi connectivity index (χ0) is 21.8. The standard InChI is InChI=1S/C22H36N2O5/c1-14(2)7-5-6-8-18(27)24-22(12-17(22)26)20(29)23-16(11-15(3)4)19(28)21(13-25)9-10-21/h14,16-17,25-26H,3,5-13H2,1-2,4H3,(H,23,29)(H,24,27)/t16-,17+,22?/m0/s1. The van der Waals surface area contributed by atoms with Gasteiger partial charge in [-0.15, -0.1) is 6.58 Å². The Morgan fingerprint density at radius 3 is 2.28 bits per heavy atom. The molecule has 0 radical (unpaired) electrons. The van der Waals surface area contributed by atoms with Crippen LogP contribution in [0.4, 0.5) is 0 Å². The number of rotatable bonds is 13. The van der Waals surface area contributed by atoms with Gasteiger partial charge in [0.25, 0.3) is 0 Å². The van der Waals surface area contributed by atoms with E-state index in [0.717, 1.165) is 24.8 Å². The first-order valence-electron chi connectivity index (χ1n) is 10.7. The van der Waals surface area contributed by atoms with Crippen LogP contribution in [0.2, 0.25) is 0 Å². The fourth-order valence-electron chi connectivity index (χ4n) is 3.68. The zero-order valence-electron chi connectivity index (χ0n) is 17.9. The summed E-state index contributed by atoms with van der Waals surface area (Å²) in [4.78, 5) is 38.0. The number of aliphatic hydroxyl groups excluding tert-OH is 2. The van der Waals surface area contributed by atoms with Crippen LogP contribution in [0.15, 0.2) is 12.2 Å². The van der Waals surface area contributed by atoms with Gasteiger partial charge in [0.1, 0.15) is 5.54 Å².